The molecule has 25 heavy (non-hydrogen) atoms. The summed E-state index contributed by atoms with van der Waals surface area (Å²) in [6.07, 6.45) is 3.62. The van der Waals surface area contributed by atoms with E-state index < -0.39 is 0 Å². The second-order valence-electron chi connectivity index (χ2n) is 5.88. The van der Waals surface area contributed by atoms with Crippen LogP contribution in [-0.2, 0) is 19.5 Å². The van der Waals surface area contributed by atoms with Crippen LogP contribution in [0.2, 0.25) is 5.02 Å². The Morgan fingerprint density at radius 1 is 1.24 bits per heavy atom. The molecule has 3 aromatic rings. The largest absolute Gasteiger partial charge is 0.325 e. The minimum Gasteiger partial charge on any atom is -0.325 e. The van der Waals surface area contributed by atoms with Crippen molar-refractivity contribution in [2.75, 3.05) is 5.32 Å². The molecule has 7 nitrogen and oxygen atoms in total. The Morgan fingerprint density at radius 2 is 2.04 bits per heavy atom. The van der Waals surface area contributed by atoms with Crippen molar-refractivity contribution in [1.29, 1.82) is 0 Å². The van der Waals surface area contributed by atoms with Gasteiger partial charge in [0.1, 0.15) is 0 Å². The summed E-state index contributed by atoms with van der Waals surface area (Å²) in [5.74, 6) is 0.255. The minimum absolute atomic E-state index is 0.218. The van der Waals surface area contributed by atoms with E-state index in [1.807, 2.05) is 16.8 Å². The van der Waals surface area contributed by atoms with Crippen molar-refractivity contribution in [3.63, 3.8) is 0 Å². The number of hydrogen-bond acceptors (Lipinski definition) is 4. The molecule has 3 N–H and O–H groups in total. The molecule has 0 spiro atoms. The molecule has 0 radical (unpaired) electrons. The maximum absolute atomic E-state index is 12.7. The van der Waals surface area contributed by atoms with Crippen LogP contribution in [-0.4, -0.2) is 25.5 Å². The molecule has 128 valence electrons. The highest BCUT2D eigenvalue weighted by molar-refractivity contribution is 6.30. The van der Waals surface area contributed by atoms with Gasteiger partial charge in [-0.05, 0) is 37.1 Å². The molecule has 0 saturated carbocycles. The van der Waals surface area contributed by atoms with Crippen molar-refractivity contribution in [2.24, 2.45) is 5.73 Å². The van der Waals surface area contributed by atoms with Crippen LogP contribution < -0.4 is 11.1 Å². The Hall–Kier alpha value is -2.64. The summed E-state index contributed by atoms with van der Waals surface area (Å²) in [5, 5.41) is 12.3. The van der Waals surface area contributed by atoms with Crippen LogP contribution in [0.1, 0.15) is 28.2 Å². The Morgan fingerprint density at radius 3 is 2.80 bits per heavy atom. The quantitative estimate of drug-likeness (QED) is 0.750. The number of carbonyl (C=O) groups is 1. The van der Waals surface area contributed by atoms with Gasteiger partial charge in [-0.25, -0.2) is 4.68 Å². The lowest BCUT2D eigenvalue weighted by Gasteiger charge is -2.04. The molecule has 1 aliphatic heterocycles. The summed E-state index contributed by atoms with van der Waals surface area (Å²) < 4.78 is 3.56. The number of nitrogens with two attached hydrogens (primary N) is 1. The standard InChI is InChI=1S/C17H17ClN6O/c18-11-3-5-12(6-4-11)23-9-7-15(22-23)20-17(25)16-13(10-19)21-24-8-1-2-14(16)24/h3-7,9H,1-2,8,10,19H2,(H,20,22,25). The number of fused-ring (bicyclic) bond motifs is 1. The van der Waals surface area contributed by atoms with Crippen molar-refractivity contribution in [3.8, 4) is 5.69 Å². The van der Waals surface area contributed by atoms with E-state index in [4.69, 9.17) is 17.3 Å². The average molecular weight is 357 g/mol. The van der Waals surface area contributed by atoms with Gasteiger partial charge >= 0.3 is 0 Å². The SMILES string of the molecule is NCc1nn2c(c1C(=O)Nc1ccn(-c3ccc(Cl)cc3)n1)CCC2. The van der Waals surface area contributed by atoms with Crippen LogP contribution >= 0.6 is 11.6 Å². The Balaban J connectivity index is 1.57. The maximum atomic E-state index is 12.7. The highest BCUT2D eigenvalue weighted by Gasteiger charge is 2.26. The molecule has 0 atom stereocenters. The number of halogens is 1. The molecular weight excluding hydrogens is 340 g/mol. The van der Waals surface area contributed by atoms with Crippen LogP contribution in [0.25, 0.3) is 5.69 Å². The monoisotopic (exact) mass is 356 g/mol. The fourth-order valence-corrected chi connectivity index (χ4v) is 3.22. The number of rotatable bonds is 4. The van der Waals surface area contributed by atoms with E-state index in [0.717, 1.165) is 30.8 Å². The van der Waals surface area contributed by atoms with E-state index in [1.54, 1.807) is 29.1 Å². The number of carbonyl (C=O) groups excluding carboxylic acids is 1. The molecule has 4 rings (SSSR count). The van der Waals surface area contributed by atoms with Crippen molar-refractivity contribution in [2.45, 2.75) is 25.9 Å². The fourth-order valence-electron chi connectivity index (χ4n) is 3.10. The predicted octanol–water partition coefficient (Wildman–Crippen LogP) is 2.38. The fraction of sp³-hybridized carbons (Fsp3) is 0.235. The van der Waals surface area contributed by atoms with Crippen molar-refractivity contribution in [1.82, 2.24) is 19.6 Å². The smallest absolute Gasteiger partial charge is 0.260 e. The highest BCUT2D eigenvalue weighted by Crippen LogP contribution is 2.23. The number of aryl methyl sites for hydroxylation is 1. The average Bonchev–Trinajstić information content (AvgIpc) is 3.30. The molecular formula is C17H17ClN6O. The number of amides is 1. The molecule has 8 heteroatoms. The lowest BCUT2D eigenvalue weighted by molar-refractivity contribution is 0.102. The third-order valence-electron chi connectivity index (χ3n) is 4.26. The van der Waals surface area contributed by atoms with Crippen molar-refractivity contribution in [3.05, 3.63) is 58.5 Å². The van der Waals surface area contributed by atoms with Gasteiger partial charge in [0.05, 0.1) is 22.6 Å². The summed E-state index contributed by atoms with van der Waals surface area (Å²) in [7, 11) is 0. The molecule has 0 fully saturated rings. The summed E-state index contributed by atoms with van der Waals surface area (Å²) in [4.78, 5) is 12.7. The van der Waals surface area contributed by atoms with E-state index in [1.165, 1.54) is 0 Å². The van der Waals surface area contributed by atoms with Crippen LogP contribution in [0, 0.1) is 0 Å². The topological polar surface area (TPSA) is 90.8 Å². The number of nitrogens with one attached hydrogen (secondary N) is 1. The number of anilines is 1. The van der Waals surface area contributed by atoms with E-state index in [-0.39, 0.29) is 12.5 Å². The van der Waals surface area contributed by atoms with Crippen molar-refractivity contribution < 1.29 is 4.79 Å². The molecule has 0 saturated heterocycles. The zero-order chi connectivity index (χ0) is 17.4. The minimum atomic E-state index is -0.218. The van der Waals surface area contributed by atoms with Gasteiger partial charge in [0.15, 0.2) is 5.82 Å². The van der Waals surface area contributed by atoms with E-state index in [9.17, 15) is 4.79 Å². The zero-order valence-electron chi connectivity index (χ0n) is 13.4. The van der Waals surface area contributed by atoms with Crippen molar-refractivity contribution >= 4 is 23.3 Å². The molecule has 3 heterocycles. The van der Waals surface area contributed by atoms with Crippen LogP contribution in [0.15, 0.2) is 36.5 Å². The Kier molecular flexibility index (Phi) is 4.03. The number of aromatic nitrogens is 4. The molecule has 0 bridgehead atoms. The van der Waals surface area contributed by atoms with Gasteiger partial charge in [0.25, 0.3) is 5.91 Å². The van der Waals surface area contributed by atoms with E-state index >= 15 is 0 Å². The van der Waals surface area contributed by atoms with Gasteiger partial charge in [0, 0.05) is 30.4 Å². The highest BCUT2D eigenvalue weighted by atomic mass is 35.5. The third-order valence-corrected chi connectivity index (χ3v) is 4.51. The van der Waals surface area contributed by atoms with E-state index in [0.29, 0.717) is 22.1 Å². The van der Waals surface area contributed by atoms with Crippen LogP contribution in [0.4, 0.5) is 5.82 Å². The van der Waals surface area contributed by atoms with Gasteiger partial charge in [-0.1, -0.05) is 11.6 Å². The summed E-state index contributed by atoms with van der Waals surface area (Å²) in [5.41, 5.74) is 8.78. The first-order valence-corrected chi connectivity index (χ1v) is 8.45. The van der Waals surface area contributed by atoms with Gasteiger partial charge < -0.3 is 11.1 Å². The lowest BCUT2D eigenvalue weighted by Crippen LogP contribution is -2.17. The second kappa shape index (κ2) is 6.34. The molecule has 1 amide bonds. The molecule has 0 aliphatic carbocycles. The summed E-state index contributed by atoms with van der Waals surface area (Å²) in [6.45, 7) is 1.07. The predicted molar refractivity (Wildman–Crippen MR) is 95.0 cm³/mol. The number of nitrogens with zero attached hydrogens (tertiary/aromatic N) is 4. The normalized spacial score (nSPS) is 13.0. The first-order valence-electron chi connectivity index (χ1n) is 8.07. The molecule has 1 aliphatic rings. The van der Waals surface area contributed by atoms with Gasteiger partial charge in [-0.2, -0.15) is 10.2 Å². The summed E-state index contributed by atoms with van der Waals surface area (Å²) in [6, 6.07) is 9.05. The Labute approximate surface area is 149 Å². The zero-order valence-corrected chi connectivity index (χ0v) is 14.2. The molecule has 0 unspecified atom stereocenters. The second-order valence-corrected chi connectivity index (χ2v) is 6.31. The maximum Gasteiger partial charge on any atom is 0.260 e. The van der Waals surface area contributed by atoms with E-state index in [2.05, 4.69) is 15.5 Å². The lowest BCUT2D eigenvalue weighted by atomic mass is 10.1. The Bertz CT molecular complexity index is 927. The third kappa shape index (κ3) is 2.92. The van der Waals surface area contributed by atoms with Gasteiger partial charge in [-0.15, -0.1) is 0 Å². The number of benzene rings is 1. The number of hydrogen-bond donors (Lipinski definition) is 2. The summed E-state index contributed by atoms with van der Waals surface area (Å²) >= 11 is 5.90. The van der Waals surface area contributed by atoms with Crippen LogP contribution in [0.3, 0.4) is 0 Å². The molecule has 1 aromatic carbocycles. The first-order chi connectivity index (χ1) is 12.2. The first kappa shape index (κ1) is 15.9. The molecule has 2 aromatic heterocycles. The van der Waals surface area contributed by atoms with Gasteiger partial charge in [-0.3, -0.25) is 9.48 Å². The van der Waals surface area contributed by atoms with Gasteiger partial charge in [0.2, 0.25) is 0 Å². The van der Waals surface area contributed by atoms with Crippen LogP contribution in [0.5, 0.6) is 0 Å².